The lowest BCUT2D eigenvalue weighted by atomic mass is 9.70. The summed E-state index contributed by atoms with van der Waals surface area (Å²) in [5.41, 5.74) is 2.81. The minimum Gasteiger partial charge on any atom is -0.338 e. The third kappa shape index (κ3) is 3.87. The molecule has 1 N–H and O–H groups in total. The maximum atomic E-state index is 12.8. The molecule has 1 saturated heterocycles. The predicted octanol–water partition coefficient (Wildman–Crippen LogP) is 4.94. The molecule has 1 heterocycles. The number of carbonyl (C=O) groups is 1. The fourth-order valence-corrected chi connectivity index (χ4v) is 4.77. The fourth-order valence-electron chi connectivity index (χ4n) is 4.77. The van der Waals surface area contributed by atoms with Crippen LogP contribution in [-0.4, -0.2) is 30.6 Å². The summed E-state index contributed by atoms with van der Waals surface area (Å²) in [4.78, 5) is 14.8. The van der Waals surface area contributed by atoms with Crippen molar-refractivity contribution >= 4 is 6.03 Å². The molecule has 2 amide bonds. The van der Waals surface area contributed by atoms with Crippen molar-refractivity contribution in [2.45, 2.75) is 43.9 Å². The number of piperidine rings is 1. The van der Waals surface area contributed by atoms with Crippen molar-refractivity contribution < 1.29 is 4.79 Å². The molecule has 0 radical (unpaired) electrons. The lowest BCUT2D eigenvalue weighted by molar-refractivity contribution is 0.150. The Morgan fingerprint density at radius 3 is 2.44 bits per heavy atom. The van der Waals surface area contributed by atoms with Gasteiger partial charge in [-0.3, -0.25) is 0 Å². The molecule has 3 atom stereocenters. The fraction of sp³-hybridized carbons (Fsp3) is 0.458. The van der Waals surface area contributed by atoms with Crippen molar-refractivity contribution in [2.24, 2.45) is 5.92 Å². The zero-order chi connectivity index (χ0) is 18.7. The molecule has 0 aromatic heterocycles. The van der Waals surface area contributed by atoms with E-state index in [9.17, 15) is 4.79 Å². The molecule has 2 fully saturated rings. The van der Waals surface area contributed by atoms with Gasteiger partial charge in [0, 0.05) is 25.0 Å². The van der Waals surface area contributed by atoms with Gasteiger partial charge in [0.15, 0.2) is 0 Å². The molecule has 3 nitrogen and oxygen atoms in total. The highest BCUT2D eigenvalue weighted by Gasteiger charge is 2.36. The van der Waals surface area contributed by atoms with Crippen molar-refractivity contribution in [1.29, 1.82) is 0 Å². The van der Waals surface area contributed by atoms with Crippen LogP contribution < -0.4 is 5.32 Å². The van der Waals surface area contributed by atoms with Crippen molar-refractivity contribution in [3.8, 4) is 0 Å². The molecular formula is C24H30N2O. The number of nitrogens with zero attached hydrogens (tertiary/aromatic N) is 1. The average molecular weight is 363 g/mol. The molecule has 1 saturated carbocycles. The third-order valence-corrected chi connectivity index (χ3v) is 6.62. The molecule has 2 aliphatic rings. The summed E-state index contributed by atoms with van der Waals surface area (Å²) in [5.74, 6) is 1.17. The molecule has 0 spiro atoms. The van der Waals surface area contributed by atoms with E-state index in [1.54, 1.807) is 0 Å². The van der Waals surface area contributed by atoms with Gasteiger partial charge in [0.1, 0.15) is 0 Å². The molecule has 0 bridgehead atoms. The van der Waals surface area contributed by atoms with Gasteiger partial charge in [-0.25, -0.2) is 4.79 Å². The first-order chi connectivity index (χ1) is 13.2. The van der Waals surface area contributed by atoms with Crippen LogP contribution >= 0.6 is 0 Å². The topological polar surface area (TPSA) is 32.3 Å². The summed E-state index contributed by atoms with van der Waals surface area (Å²) in [6.45, 7) is 4.74. The van der Waals surface area contributed by atoms with Crippen molar-refractivity contribution in [3.05, 3.63) is 71.8 Å². The van der Waals surface area contributed by atoms with Gasteiger partial charge in [0.2, 0.25) is 0 Å². The summed E-state index contributed by atoms with van der Waals surface area (Å²) >= 11 is 0. The van der Waals surface area contributed by atoms with Crippen molar-refractivity contribution in [3.63, 3.8) is 0 Å². The monoisotopic (exact) mass is 362 g/mol. The quantitative estimate of drug-likeness (QED) is 0.820. The first-order valence-electron chi connectivity index (χ1n) is 10.3. The summed E-state index contributed by atoms with van der Waals surface area (Å²) in [7, 11) is 0. The first kappa shape index (κ1) is 18.1. The molecule has 4 rings (SSSR count). The highest BCUT2D eigenvalue weighted by atomic mass is 16.2. The van der Waals surface area contributed by atoms with E-state index in [4.69, 9.17) is 0 Å². The van der Waals surface area contributed by atoms with Crippen LogP contribution in [-0.2, 0) is 5.41 Å². The molecule has 2 aromatic carbocycles. The van der Waals surface area contributed by atoms with Crippen LogP contribution in [0.5, 0.6) is 0 Å². The van der Waals surface area contributed by atoms with Gasteiger partial charge < -0.3 is 10.2 Å². The second-order valence-electron chi connectivity index (χ2n) is 8.49. The number of hydrogen-bond acceptors (Lipinski definition) is 1. The van der Waals surface area contributed by atoms with Gasteiger partial charge in [-0.15, -0.1) is 0 Å². The Morgan fingerprint density at radius 1 is 1.07 bits per heavy atom. The summed E-state index contributed by atoms with van der Waals surface area (Å²) in [6, 6.07) is 21.5. The van der Waals surface area contributed by atoms with E-state index in [1.807, 2.05) is 4.90 Å². The van der Waals surface area contributed by atoms with E-state index in [0.29, 0.717) is 11.8 Å². The number of amides is 2. The maximum Gasteiger partial charge on any atom is 0.317 e. The molecule has 1 aliphatic heterocycles. The van der Waals surface area contributed by atoms with E-state index < -0.39 is 0 Å². The third-order valence-electron chi connectivity index (χ3n) is 6.62. The lowest BCUT2D eigenvalue weighted by Crippen LogP contribution is -2.51. The standard InChI is InChI=1S/C24H30N2O/c1-24(21-11-6-3-7-12-21)15-8-16-26(18-24)23(27)25-17-20-13-14-22(20)19-9-4-2-5-10-19/h2-7,9-12,20,22H,8,13-18H2,1H3,(H,25,27)/t20-,22-,24?/m1/s1. The van der Waals surface area contributed by atoms with E-state index >= 15 is 0 Å². The SMILES string of the molecule is CC1(c2ccccc2)CCCN(C(=O)NC[C@H]2CC[C@@H]2c2ccccc2)C1. The van der Waals surface area contributed by atoms with E-state index in [-0.39, 0.29) is 11.4 Å². The van der Waals surface area contributed by atoms with Crippen LogP contribution in [0.4, 0.5) is 4.79 Å². The Kier molecular flexibility index (Phi) is 5.20. The van der Waals surface area contributed by atoms with E-state index in [0.717, 1.165) is 32.5 Å². The Labute approximate surface area is 162 Å². The highest BCUT2D eigenvalue weighted by Crippen LogP contribution is 2.42. The number of hydrogen-bond donors (Lipinski definition) is 1. The maximum absolute atomic E-state index is 12.8. The normalized spacial score (nSPS) is 27.7. The minimum atomic E-state index is 0.0554. The van der Waals surface area contributed by atoms with Gasteiger partial charge in [-0.1, -0.05) is 67.6 Å². The van der Waals surface area contributed by atoms with Crippen LogP contribution in [0.2, 0.25) is 0 Å². The summed E-state index contributed by atoms with van der Waals surface area (Å²) in [5, 5.41) is 3.23. The molecular weight excluding hydrogens is 332 g/mol. The van der Waals surface area contributed by atoms with Crippen LogP contribution in [0, 0.1) is 5.92 Å². The van der Waals surface area contributed by atoms with Crippen LogP contribution in [0.1, 0.15) is 49.7 Å². The van der Waals surface area contributed by atoms with Gasteiger partial charge in [0.05, 0.1) is 0 Å². The summed E-state index contributed by atoms with van der Waals surface area (Å²) in [6.07, 6.45) is 4.65. The minimum absolute atomic E-state index is 0.0554. The van der Waals surface area contributed by atoms with E-state index in [1.165, 1.54) is 24.0 Å². The molecule has 3 heteroatoms. The zero-order valence-corrected chi connectivity index (χ0v) is 16.2. The number of nitrogens with one attached hydrogen (secondary N) is 1. The molecule has 2 aromatic rings. The zero-order valence-electron chi connectivity index (χ0n) is 16.2. The highest BCUT2D eigenvalue weighted by molar-refractivity contribution is 5.74. The van der Waals surface area contributed by atoms with Gasteiger partial charge in [-0.05, 0) is 48.6 Å². The number of benzene rings is 2. The number of carbonyl (C=O) groups excluding carboxylic acids is 1. The second kappa shape index (κ2) is 7.75. The van der Waals surface area contributed by atoms with Crippen LogP contribution in [0.15, 0.2) is 60.7 Å². The molecule has 27 heavy (non-hydrogen) atoms. The Hall–Kier alpha value is -2.29. The largest absolute Gasteiger partial charge is 0.338 e. The van der Waals surface area contributed by atoms with Crippen molar-refractivity contribution in [1.82, 2.24) is 10.2 Å². The number of rotatable bonds is 4. The Bertz CT molecular complexity index is 760. The molecule has 1 aliphatic carbocycles. The van der Waals surface area contributed by atoms with Crippen LogP contribution in [0.3, 0.4) is 0 Å². The average Bonchev–Trinajstić information content (AvgIpc) is 2.69. The van der Waals surface area contributed by atoms with Crippen molar-refractivity contribution in [2.75, 3.05) is 19.6 Å². The second-order valence-corrected chi connectivity index (χ2v) is 8.49. The first-order valence-corrected chi connectivity index (χ1v) is 10.3. The predicted molar refractivity (Wildman–Crippen MR) is 110 cm³/mol. The van der Waals surface area contributed by atoms with Crippen LogP contribution in [0.25, 0.3) is 0 Å². The lowest BCUT2D eigenvalue weighted by Gasteiger charge is -2.42. The Morgan fingerprint density at radius 2 is 1.78 bits per heavy atom. The smallest absolute Gasteiger partial charge is 0.317 e. The summed E-state index contributed by atoms with van der Waals surface area (Å²) < 4.78 is 0. The Balaban J connectivity index is 1.33. The molecule has 142 valence electrons. The molecule has 1 unspecified atom stereocenters. The van der Waals surface area contributed by atoms with Gasteiger partial charge in [0.25, 0.3) is 0 Å². The van der Waals surface area contributed by atoms with Gasteiger partial charge >= 0.3 is 6.03 Å². The van der Waals surface area contributed by atoms with E-state index in [2.05, 4.69) is 72.9 Å². The number of urea groups is 1. The number of likely N-dealkylation sites (tertiary alicyclic amines) is 1. The van der Waals surface area contributed by atoms with Gasteiger partial charge in [-0.2, -0.15) is 0 Å².